The number of nitrogens with zero attached hydrogens (tertiary/aromatic N) is 4. The number of rotatable bonds is 4. The van der Waals surface area contributed by atoms with Crippen molar-refractivity contribution in [3.8, 4) is 0 Å². The van der Waals surface area contributed by atoms with E-state index >= 15 is 0 Å². The lowest BCUT2D eigenvalue weighted by Gasteiger charge is -2.22. The Bertz CT molecular complexity index is 1040. The summed E-state index contributed by atoms with van der Waals surface area (Å²) in [7, 11) is 5.69. The molecule has 0 unspecified atom stereocenters. The highest BCUT2D eigenvalue weighted by molar-refractivity contribution is 5.82. The number of methoxy groups -OCH3 is 1. The minimum Gasteiger partial charge on any atom is -0.467 e. The van der Waals surface area contributed by atoms with Crippen molar-refractivity contribution in [2.45, 2.75) is 38.8 Å². The standard InChI is InChI=1S/C17H25N5O6/c1-17(2,3)28-15(25)18-9(14(24)27-7)8-10-19-11-12(20(10)4)21(5)16(26)22(6)13(11)23/h9H,8H2,1-7H3,(H,18,25)/t9-/m0/s1. The summed E-state index contributed by atoms with van der Waals surface area (Å²) in [6.07, 6.45) is -0.848. The number of hydrogen-bond donors (Lipinski definition) is 1. The number of nitrogens with one attached hydrogen (secondary N) is 1. The quantitative estimate of drug-likeness (QED) is 0.697. The van der Waals surface area contributed by atoms with Crippen molar-refractivity contribution in [3.63, 3.8) is 0 Å². The van der Waals surface area contributed by atoms with Crippen LogP contribution in [0.4, 0.5) is 4.79 Å². The molecule has 0 aromatic carbocycles. The fraction of sp³-hybridized carbons (Fsp3) is 0.588. The van der Waals surface area contributed by atoms with E-state index in [4.69, 9.17) is 9.47 Å². The third-order valence-corrected chi connectivity index (χ3v) is 4.12. The molecule has 11 heteroatoms. The summed E-state index contributed by atoms with van der Waals surface area (Å²) in [5, 5.41) is 2.46. The average molecular weight is 395 g/mol. The second-order valence-corrected chi connectivity index (χ2v) is 7.39. The molecule has 0 fully saturated rings. The molecule has 0 aliphatic heterocycles. The van der Waals surface area contributed by atoms with Gasteiger partial charge in [0.05, 0.1) is 7.11 Å². The van der Waals surface area contributed by atoms with E-state index in [1.807, 2.05) is 0 Å². The lowest BCUT2D eigenvalue weighted by atomic mass is 10.2. The van der Waals surface area contributed by atoms with Crippen LogP contribution in [0.25, 0.3) is 11.2 Å². The highest BCUT2D eigenvalue weighted by Crippen LogP contribution is 2.12. The summed E-state index contributed by atoms with van der Waals surface area (Å²) in [4.78, 5) is 53.0. The summed E-state index contributed by atoms with van der Waals surface area (Å²) in [5.74, 6) is -0.375. The van der Waals surface area contributed by atoms with Gasteiger partial charge in [-0.05, 0) is 20.8 Å². The van der Waals surface area contributed by atoms with Gasteiger partial charge < -0.3 is 19.4 Å². The molecule has 0 aliphatic carbocycles. The van der Waals surface area contributed by atoms with Crippen LogP contribution in [0.3, 0.4) is 0 Å². The van der Waals surface area contributed by atoms with E-state index in [9.17, 15) is 19.2 Å². The van der Waals surface area contributed by atoms with Crippen LogP contribution in [0.2, 0.25) is 0 Å². The predicted molar refractivity (Wildman–Crippen MR) is 100 cm³/mol. The smallest absolute Gasteiger partial charge is 0.408 e. The summed E-state index contributed by atoms with van der Waals surface area (Å²) < 4.78 is 13.7. The molecule has 0 spiro atoms. The first kappa shape index (κ1) is 21.2. The summed E-state index contributed by atoms with van der Waals surface area (Å²) in [5.41, 5.74) is -1.39. The molecule has 154 valence electrons. The zero-order valence-corrected chi connectivity index (χ0v) is 17.0. The van der Waals surface area contributed by atoms with Gasteiger partial charge in [-0.3, -0.25) is 13.9 Å². The van der Waals surface area contributed by atoms with Crippen LogP contribution in [-0.2, 0) is 41.8 Å². The zero-order valence-electron chi connectivity index (χ0n) is 17.0. The molecular formula is C17H25N5O6. The van der Waals surface area contributed by atoms with E-state index in [-0.39, 0.29) is 11.9 Å². The largest absolute Gasteiger partial charge is 0.467 e. The van der Waals surface area contributed by atoms with Crippen LogP contribution >= 0.6 is 0 Å². The number of alkyl carbamates (subject to hydrolysis) is 1. The molecule has 0 saturated heterocycles. The number of imidazole rings is 1. The molecular weight excluding hydrogens is 370 g/mol. The number of carbonyl (C=O) groups excluding carboxylic acids is 2. The van der Waals surface area contributed by atoms with Gasteiger partial charge in [-0.1, -0.05) is 0 Å². The van der Waals surface area contributed by atoms with Crippen molar-refractivity contribution < 1.29 is 19.1 Å². The van der Waals surface area contributed by atoms with Crippen molar-refractivity contribution in [2.75, 3.05) is 7.11 Å². The van der Waals surface area contributed by atoms with Crippen molar-refractivity contribution >= 4 is 23.2 Å². The number of aromatic nitrogens is 4. The van der Waals surface area contributed by atoms with Crippen LogP contribution in [-0.4, -0.2) is 49.5 Å². The lowest BCUT2D eigenvalue weighted by molar-refractivity contribution is -0.143. The Morgan fingerprint density at radius 1 is 1.11 bits per heavy atom. The molecule has 2 aromatic rings. The second kappa shape index (κ2) is 7.49. The maximum absolute atomic E-state index is 12.4. The number of esters is 1. The normalized spacial score (nSPS) is 12.7. The molecule has 0 bridgehead atoms. The molecule has 0 radical (unpaired) electrons. The Hall–Kier alpha value is -3.11. The minimum atomic E-state index is -1.09. The van der Waals surface area contributed by atoms with Crippen molar-refractivity contribution in [1.29, 1.82) is 0 Å². The van der Waals surface area contributed by atoms with Gasteiger partial charge in [0.25, 0.3) is 5.56 Å². The van der Waals surface area contributed by atoms with E-state index in [1.54, 1.807) is 27.8 Å². The van der Waals surface area contributed by atoms with Crippen molar-refractivity contribution in [2.24, 2.45) is 21.1 Å². The topological polar surface area (TPSA) is 126 Å². The second-order valence-electron chi connectivity index (χ2n) is 7.39. The number of ether oxygens (including phenoxy) is 2. The van der Waals surface area contributed by atoms with Crippen LogP contribution in [0.1, 0.15) is 26.6 Å². The van der Waals surface area contributed by atoms with Crippen molar-refractivity contribution in [1.82, 2.24) is 24.0 Å². The van der Waals surface area contributed by atoms with Gasteiger partial charge >= 0.3 is 17.8 Å². The van der Waals surface area contributed by atoms with E-state index in [1.165, 1.54) is 30.3 Å². The minimum absolute atomic E-state index is 0.0611. The van der Waals surface area contributed by atoms with Gasteiger partial charge in [0.1, 0.15) is 23.1 Å². The van der Waals surface area contributed by atoms with Gasteiger partial charge in [0.15, 0.2) is 5.52 Å². The Labute approximate surface area is 160 Å². The Morgan fingerprint density at radius 3 is 2.25 bits per heavy atom. The maximum Gasteiger partial charge on any atom is 0.408 e. The monoisotopic (exact) mass is 395 g/mol. The van der Waals surface area contributed by atoms with E-state index < -0.39 is 35.0 Å². The highest BCUT2D eigenvalue weighted by atomic mass is 16.6. The average Bonchev–Trinajstić information content (AvgIpc) is 2.91. The Balaban J connectivity index is 2.45. The molecule has 0 saturated carbocycles. The first-order valence-electron chi connectivity index (χ1n) is 8.56. The SMILES string of the molecule is COC(=O)[C@H](Cc1nc2c(=O)n(C)c(=O)n(C)c2n1C)NC(=O)OC(C)(C)C. The van der Waals surface area contributed by atoms with Crippen LogP contribution < -0.4 is 16.6 Å². The first-order chi connectivity index (χ1) is 12.9. The fourth-order valence-electron chi connectivity index (χ4n) is 2.77. The number of aryl methyl sites for hydroxylation is 2. The number of amides is 1. The summed E-state index contributed by atoms with van der Waals surface area (Å²) >= 11 is 0. The van der Waals surface area contributed by atoms with E-state index in [2.05, 4.69) is 10.3 Å². The zero-order chi connectivity index (χ0) is 21.4. The molecule has 28 heavy (non-hydrogen) atoms. The molecule has 1 atom stereocenters. The summed E-state index contributed by atoms with van der Waals surface area (Å²) in [6.45, 7) is 5.09. The lowest BCUT2D eigenvalue weighted by Crippen LogP contribution is -2.45. The number of hydrogen-bond acceptors (Lipinski definition) is 7. The van der Waals surface area contributed by atoms with Crippen LogP contribution in [0.5, 0.6) is 0 Å². The maximum atomic E-state index is 12.4. The molecule has 2 rings (SSSR count). The molecule has 0 aliphatic rings. The van der Waals surface area contributed by atoms with Gasteiger partial charge in [0.2, 0.25) is 0 Å². The number of carbonyl (C=O) groups is 2. The third kappa shape index (κ3) is 4.07. The van der Waals surface area contributed by atoms with Crippen molar-refractivity contribution in [3.05, 3.63) is 26.7 Å². The molecule has 2 aromatic heterocycles. The summed E-state index contributed by atoms with van der Waals surface area (Å²) in [6, 6.07) is -1.09. The first-order valence-corrected chi connectivity index (χ1v) is 8.56. The van der Waals surface area contributed by atoms with Gasteiger partial charge in [0, 0.05) is 27.6 Å². The molecule has 2 heterocycles. The van der Waals surface area contributed by atoms with Crippen LogP contribution in [0, 0.1) is 0 Å². The fourth-order valence-corrected chi connectivity index (χ4v) is 2.77. The molecule has 1 N–H and O–H groups in total. The van der Waals surface area contributed by atoms with Gasteiger partial charge in [-0.25, -0.2) is 19.4 Å². The van der Waals surface area contributed by atoms with Gasteiger partial charge in [-0.15, -0.1) is 0 Å². The number of fused-ring (bicyclic) bond motifs is 1. The Kier molecular flexibility index (Phi) is 5.67. The molecule has 1 amide bonds. The van der Waals surface area contributed by atoms with Gasteiger partial charge in [-0.2, -0.15) is 0 Å². The Morgan fingerprint density at radius 2 is 1.71 bits per heavy atom. The molecule has 11 nitrogen and oxygen atoms in total. The predicted octanol–water partition coefficient (Wildman–Crippen LogP) is -0.420. The van der Waals surface area contributed by atoms with E-state index in [0.717, 1.165) is 4.57 Å². The highest BCUT2D eigenvalue weighted by Gasteiger charge is 2.28. The van der Waals surface area contributed by atoms with Crippen LogP contribution in [0.15, 0.2) is 9.59 Å². The van der Waals surface area contributed by atoms with E-state index in [0.29, 0.717) is 11.5 Å². The third-order valence-electron chi connectivity index (χ3n) is 4.12.